The van der Waals surface area contributed by atoms with E-state index in [-0.39, 0.29) is 16.9 Å². The van der Waals surface area contributed by atoms with Crippen LogP contribution in [-0.4, -0.2) is 47.5 Å². The summed E-state index contributed by atoms with van der Waals surface area (Å²) in [5.41, 5.74) is -2.28. The smallest absolute Gasteiger partial charge is 0.465 e. The number of benzene rings is 1. The summed E-state index contributed by atoms with van der Waals surface area (Å²) in [5.74, 6) is -3.53. The second-order valence-electron chi connectivity index (χ2n) is 8.06. The molecule has 15 heteroatoms. The minimum atomic E-state index is -5.37. The normalized spacial score (nSPS) is 11.7. The quantitative estimate of drug-likeness (QED) is 0.179. The average molecular weight is 582 g/mol. The molecule has 0 unspecified atom stereocenters. The number of ether oxygens (including phenoxy) is 1. The third-order valence-electron chi connectivity index (χ3n) is 5.23. The highest BCUT2D eigenvalue weighted by atomic mass is 19.4. The maximum atomic E-state index is 14.1. The molecule has 1 atom stereocenters. The van der Waals surface area contributed by atoms with Crippen LogP contribution in [0.5, 0.6) is 0 Å². The van der Waals surface area contributed by atoms with Crippen LogP contribution in [0.3, 0.4) is 0 Å². The molecule has 2 amide bonds. The Kier molecular flexibility index (Phi) is 9.61. The monoisotopic (exact) mass is 582 g/mol. The van der Waals surface area contributed by atoms with E-state index in [4.69, 9.17) is 0 Å². The molecule has 0 fully saturated rings. The lowest BCUT2D eigenvalue weighted by atomic mass is 9.95. The minimum absolute atomic E-state index is 0.0290. The highest BCUT2D eigenvalue weighted by Crippen LogP contribution is 2.27. The van der Waals surface area contributed by atoms with Gasteiger partial charge in [-0.3, -0.25) is 9.59 Å². The van der Waals surface area contributed by atoms with E-state index in [1.165, 1.54) is 23.5 Å². The fraction of sp³-hybridized carbons (Fsp3) is 0.192. The lowest BCUT2D eigenvalue weighted by molar-refractivity contribution is -0.167. The van der Waals surface area contributed by atoms with Gasteiger partial charge in [-0.1, -0.05) is 18.1 Å². The Morgan fingerprint density at radius 2 is 1.68 bits per heavy atom. The van der Waals surface area contributed by atoms with Crippen LogP contribution < -0.4 is 10.6 Å². The van der Waals surface area contributed by atoms with E-state index in [0.29, 0.717) is 6.07 Å². The summed E-state index contributed by atoms with van der Waals surface area (Å²) in [7, 11) is 0.871. The standard InChI is InChI=1S/C26H17F7N4O4/c1-41-24(39)17-12-20(30)35-18(22(17)37-25(40)26(31,32)33)7-2-13-8-9-34-21(10-13)36-23(38)16(11-19(28)29)14-3-5-15(27)6-4-14/h3-6,8-10,12,16,19H,11H2,1H3,(H,37,40)(H,34,36,38)/t16-/m1/s1. The maximum absolute atomic E-state index is 14.1. The molecule has 0 aliphatic heterocycles. The van der Waals surface area contributed by atoms with Crippen LogP contribution in [-0.2, 0) is 14.3 Å². The molecular formula is C26H17F7N4O4. The number of anilines is 2. The first-order chi connectivity index (χ1) is 19.3. The summed E-state index contributed by atoms with van der Waals surface area (Å²) >= 11 is 0. The van der Waals surface area contributed by atoms with Gasteiger partial charge in [0.1, 0.15) is 17.3 Å². The summed E-state index contributed by atoms with van der Waals surface area (Å²) in [4.78, 5) is 43.6. The van der Waals surface area contributed by atoms with Gasteiger partial charge >= 0.3 is 18.1 Å². The summed E-state index contributed by atoms with van der Waals surface area (Å²) < 4.78 is 96.6. The number of carbonyl (C=O) groups excluding carboxylic acids is 3. The van der Waals surface area contributed by atoms with Crippen LogP contribution in [0.25, 0.3) is 0 Å². The summed E-state index contributed by atoms with van der Waals surface area (Å²) in [6.45, 7) is 0. The molecule has 2 aromatic heterocycles. The minimum Gasteiger partial charge on any atom is -0.465 e. The number of methoxy groups -OCH3 is 1. The van der Waals surface area contributed by atoms with E-state index in [2.05, 4.69) is 31.9 Å². The second kappa shape index (κ2) is 12.9. The number of esters is 1. The number of hydrogen-bond donors (Lipinski definition) is 2. The molecule has 0 aliphatic rings. The van der Waals surface area contributed by atoms with Crippen molar-refractivity contribution in [2.24, 2.45) is 0 Å². The molecule has 0 aliphatic carbocycles. The molecule has 3 rings (SSSR count). The zero-order valence-corrected chi connectivity index (χ0v) is 20.7. The number of nitrogens with zero attached hydrogens (tertiary/aromatic N) is 2. The zero-order valence-electron chi connectivity index (χ0n) is 20.7. The summed E-state index contributed by atoms with van der Waals surface area (Å²) in [6.07, 6.45) is -7.98. The molecule has 2 heterocycles. The van der Waals surface area contributed by atoms with Gasteiger partial charge in [0.15, 0.2) is 0 Å². The Bertz CT molecular complexity index is 1520. The molecule has 0 radical (unpaired) electrons. The third-order valence-corrected chi connectivity index (χ3v) is 5.23. The Morgan fingerprint density at radius 3 is 2.29 bits per heavy atom. The highest BCUT2D eigenvalue weighted by molar-refractivity contribution is 6.04. The van der Waals surface area contributed by atoms with Crippen molar-refractivity contribution >= 4 is 29.3 Å². The largest absolute Gasteiger partial charge is 0.471 e. The van der Waals surface area contributed by atoms with Crippen LogP contribution in [0.1, 0.15) is 39.5 Å². The number of halogens is 7. The molecule has 3 aromatic rings. The van der Waals surface area contributed by atoms with Crippen molar-refractivity contribution in [3.63, 3.8) is 0 Å². The molecular weight excluding hydrogens is 565 g/mol. The Hall–Kier alpha value is -5.00. The van der Waals surface area contributed by atoms with Crippen molar-refractivity contribution in [3.8, 4) is 11.8 Å². The van der Waals surface area contributed by atoms with E-state index in [9.17, 15) is 45.1 Å². The van der Waals surface area contributed by atoms with E-state index in [1.54, 1.807) is 0 Å². The molecule has 0 spiro atoms. The van der Waals surface area contributed by atoms with E-state index >= 15 is 0 Å². The predicted molar refractivity (Wildman–Crippen MR) is 129 cm³/mol. The zero-order chi connectivity index (χ0) is 30.3. The van der Waals surface area contributed by atoms with Gasteiger partial charge in [-0.2, -0.15) is 17.6 Å². The number of carbonyl (C=O) groups is 3. The molecule has 2 N–H and O–H groups in total. The topological polar surface area (TPSA) is 110 Å². The first kappa shape index (κ1) is 30.5. The number of nitrogens with one attached hydrogen (secondary N) is 2. The molecule has 214 valence electrons. The van der Waals surface area contributed by atoms with Crippen LogP contribution in [0.2, 0.25) is 0 Å². The van der Waals surface area contributed by atoms with Crippen LogP contribution >= 0.6 is 0 Å². The maximum Gasteiger partial charge on any atom is 0.471 e. The van der Waals surface area contributed by atoms with Gasteiger partial charge in [0.2, 0.25) is 18.3 Å². The fourth-order valence-electron chi connectivity index (χ4n) is 3.38. The van der Waals surface area contributed by atoms with E-state index < -0.39 is 71.4 Å². The predicted octanol–water partition coefficient (Wildman–Crippen LogP) is 4.82. The van der Waals surface area contributed by atoms with Crippen molar-refractivity contribution in [3.05, 3.63) is 82.8 Å². The van der Waals surface area contributed by atoms with Crippen molar-refractivity contribution in [2.75, 3.05) is 17.7 Å². The number of aromatic nitrogens is 2. The number of rotatable bonds is 7. The van der Waals surface area contributed by atoms with Crippen LogP contribution in [0.15, 0.2) is 48.7 Å². The van der Waals surface area contributed by atoms with Crippen molar-refractivity contribution in [2.45, 2.75) is 24.9 Å². The van der Waals surface area contributed by atoms with Crippen molar-refractivity contribution in [1.82, 2.24) is 9.97 Å². The Labute approximate surface area is 226 Å². The van der Waals surface area contributed by atoms with Gasteiger partial charge in [-0.05, 0) is 35.7 Å². The Balaban J connectivity index is 1.94. The van der Waals surface area contributed by atoms with Crippen molar-refractivity contribution in [1.29, 1.82) is 0 Å². The molecule has 0 bridgehead atoms. The number of alkyl halides is 5. The van der Waals surface area contributed by atoms with Crippen molar-refractivity contribution < 1.29 is 49.9 Å². The molecule has 0 saturated heterocycles. The number of pyridine rings is 2. The van der Waals surface area contributed by atoms with Gasteiger partial charge in [-0.25, -0.2) is 27.9 Å². The fourth-order valence-corrected chi connectivity index (χ4v) is 3.38. The molecule has 0 saturated carbocycles. The summed E-state index contributed by atoms with van der Waals surface area (Å²) in [6, 6.07) is 7.25. The average Bonchev–Trinajstić information content (AvgIpc) is 2.91. The van der Waals surface area contributed by atoms with E-state index in [1.807, 2.05) is 0 Å². The number of hydrogen-bond acceptors (Lipinski definition) is 6. The third kappa shape index (κ3) is 8.24. The highest BCUT2D eigenvalue weighted by Gasteiger charge is 2.40. The Morgan fingerprint density at radius 1 is 1.00 bits per heavy atom. The van der Waals surface area contributed by atoms with Crippen LogP contribution in [0.4, 0.5) is 42.2 Å². The first-order valence-corrected chi connectivity index (χ1v) is 11.3. The second-order valence-corrected chi connectivity index (χ2v) is 8.06. The SMILES string of the molecule is COC(=O)c1cc(F)nc(C#Cc2ccnc(NC(=O)[C@H](CC(F)F)c3ccc(F)cc3)c2)c1NC(=O)C(F)(F)F. The van der Waals surface area contributed by atoms with Gasteiger partial charge in [0.05, 0.1) is 24.3 Å². The lowest BCUT2D eigenvalue weighted by Gasteiger charge is -2.16. The summed E-state index contributed by atoms with van der Waals surface area (Å²) in [5, 5.41) is 3.76. The first-order valence-electron chi connectivity index (χ1n) is 11.3. The molecule has 41 heavy (non-hydrogen) atoms. The van der Waals surface area contributed by atoms with Gasteiger partial charge in [0.25, 0.3) is 0 Å². The van der Waals surface area contributed by atoms with Gasteiger partial charge in [-0.15, -0.1) is 0 Å². The molecule has 1 aromatic carbocycles. The van der Waals surface area contributed by atoms with Gasteiger partial charge < -0.3 is 15.4 Å². The molecule has 8 nitrogen and oxygen atoms in total. The number of amides is 2. The van der Waals surface area contributed by atoms with E-state index in [0.717, 1.165) is 31.5 Å². The van der Waals surface area contributed by atoms with Crippen LogP contribution in [0, 0.1) is 23.6 Å². The lowest BCUT2D eigenvalue weighted by Crippen LogP contribution is -2.31. The van der Waals surface area contributed by atoms with Gasteiger partial charge in [0, 0.05) is 24.2 Å².